The normalized spacial score (nSPS) is 13.9. The first-order chi connectivity index (χ1) is 11.9. The van der Waals surface area contributed by atoms with Crippen LogP contribution in [0.1, 0.15) is 65.1 Å². The van der Waals surface area contributed by atoms with E-state index < -0.39 is 5.96 Å². The monoisotopic (exact) mass is 447 g/mol. The molecule has 3 nitrogen and oxygen atoms in total. The predicted octanol–water partition coefficient (Wildman–Crippen LogP) is 7.33. The summed E-state index contributed by atoms with van der Waals surface area (Å²) in [6.45, 7) is 6.79. The fourth-order valence-corrected chi connectivity index (χ4v) is 10.7. The van der Waals surface area contributed by atoms with Crippen LogP contribution in [0.3, 0.4) is 0 Å². The molecular formula is C19H32BrClN3P. The summed E-state index contributed by atoms with van der Waals surface area (Å²) in [5.41, 5.74) is 1.79. The van der Waals surface area contributed by atoms with E-state index in [0.717, 1.165) is 27.6 Å². The molecule has 2 aromatic rings. The zero-order chi connectivity index (χ0) is 18.4. The number of fused-ring (bicyclic) bond motifs is 1. The third kappa shape index (κ3) is 5.65. The molecule has 2 heterocycles. The van der Waals surface area contributed by atoms with Crippen LogP contribution < -0.4 is 0 Å². The third-order valence-electron chi connectivity index (χ3n) is 5.11. The zero-order valence-electron chi connectivity index (χ0n) is 15.8. The van der Waals surface area contributed by atoms with Crippen LogP contribution in [0.15, 0.2) is 16.7 Å². The number of nitrogens with one attached hydrogen (secondary N) is 1. The number of imidazole rings is 1. The molecule has 1 N–H and O–H groups in total. The van der Waals surface area contributed by atoms with Crippen molar-refractivity contribution in [3.8, 4) is 0 Å². The van der Waals surface area contributed by atoms with Crippen LogP contribution >= 0.6 is 33.1 Å². The number of rotatable bonds is 11. The van der Waals surface area contributed by atoms with Crippen molar-refractivity contribution >= 4 is 44.3 Å². The van der Waals surface area contributed by atoms with E-state index in [4.69, 9.17) is 16.2 Å². The molecule has 2 rings (SSSR count). The molecule has 0 saturated heterocycles. The van der Waals surface area contributed by atoms with Gasteiger partial charge in [0.1, 0.15) is 0 Å². The first kappa shape index (κ1) is 21.1. The van der Waals surface area contributed by atoms with Gasteiger partial charge in [0.15, 0.2) is 0 Å². The van der Waals surface area contributed by atoms with Crippen molar-refractivity contribution in [2.75, 3.05) is 18.5 Å². The molecule has 0 aliphatic carbocycles. The van der Waals surface area contributed by atoms with Gasteiger partial charge in [-0.05, 0) is 0 Å². The first-order valence-electron chi connectivity index (χ1n) is 9.64. The Morgan fingerprint density at radius 3 is 2.12 bits per heavy atom. The van der Waals surface area contributed by atoms with E-state index in [9.17, 15) is 0 Å². The van der Waals surface area contributed by atoms with Gasteiger partial charge in [-0.3, -0.25) is 0 Å². The molecule has 6 heteroatoms. The van der Waals surface area contributed by atoms with Gasteiger partial charge in [-0.2, -0.15) is 0 Å². The van der Waals surface area contributed by atoms with Crippen LogP contribution in [0.25, 0.3) is 11.2 Å². The number of nitrogens with zero attached hydrogens (tertiary/aromatic N) is 2. The Labute approximate surface area is 165 Å². The maximum atomic E-state index is 7.67. The van der Waals surface area contributed by atoms with Gasteiger partial charge in [0.05, 0.1) is 0 Å². The van der Waals surface area contributed by atoms with E-state index in [-0.39, 0.29) is 0 Å². The SMILES string of the molecule is CCCCP(Cl)(CCCC)(CCCC)Cc1nc2ncc(Br)cc2[nH]1. The van der Waals surface area contributed by atoms with E-state index >= 15 is 0 Å². The van der Waals surface area contributed by atoms with Gasteiger partial charge in [-0.1, -0.05) is 0 Å². The average molecular weight is 449 g/mol. The summed E-state index contributed by atoms with van der Waals surface area (Å²) in [7, 11) is 0. The van der Waals surface area contributed by atoms with Crippen molar-refractivity contribution in [2.24, 2.45) is 0 Å². The second-order valence-electron chi connectivity index (χ2n) is 7.42. The molecule has 0 bridgehead atoms. The summed E-state index contributed by atoms with van der Waals surface area (Å²) in [5, 5.41) is 0. The summed E-state index contributed by atoms with van der Waals surface area (Å²) >= 11 is 11.2. The van der Waals surface area contributed by atoms with Crippen LogP contribution in [-0.2, 0) is 6.16 Å². The standard InChI is InChI=1S/C19H32BrClN3P/c1-4-7-10-25(21,11-8-5-2,12-9-6-3)15-18-23-17-13-16(20)14-22-19(17)24-18/h13-14H,4-12,15H2,1-3H3,(H,22,23,24). The molecule has 0 aromatic carbocycles. The fraction of sp³-hybridized carbons (Fsp3) is 0.684. The van der Waals surface area contributed by atoms with Crippen molar-refractivity contribution in [1.82, 2.24) is 15.0 Å². The topological polar surface area (TPSA) is 41.6 Å². The average Bonchev–Trinajstić information content (AvgIpc) is 2.98. The molecule has 25 heavy (non-hydrogen) atoms. The van der Waals surface area contributed by atoms with Crippen LogP contribution in [-0.4, -0.2) is 33.4 Å². The molecule has 0 radical (unpaired) electrons. The number of halogens is 2. The van der Waals surface area contributed by atoms with Crippen molar-refractivity contribution in [3.05, 3.63) is 22.6 Å². The van der Waals surface area contributed by atoms with Gasteiger partial charge in [0.25, 0.3) is 0 Å². The molecule has 0 amide bonds. The van der Waals surface area contributed by atoms with E-state index in [0.29, 0.717) is 0 Å². The number of hydrogen-bond acceptors (Lipinski definition) is 2. The van der Waals surface area contributed by atoms with E-state index in [2.05, 4.69) is 46.7 Å². The summed E-state index contributed by atoms with van der Waals surface area (Å²) in [6, 6.07) is 2.05. The minimum atomic E-state index is -2.33. The number of aromatic nitrogens is 3. The van der Waals surface area contributed by atoms with Crippen molar-refractivity contribution < 1.29 is 0 Å². The predicted molar refractivity (Wildman–Crippen MR) is 117 cm³/mol. The van der Waals surface area contributed by atoms with Gasteiger partial charge in [0, 0.05) is 0 Å². The molecule has 142 valence electrons. The third-order valence-corrected chi connectivity index (χ3v) is 12.8. The molecule has 0 atom stereocenters. The van der Waals surface area contributed by atoms with Gasteiger partial charge in [-0.25, -0.2) is 0 Å². The van der Waals surface area contributed by atoms with Crippen LogP contribution in [0.5, 0.6) is 0 Å². The van der Waals surface area contributed by atoms with Gasteiger partial charge >= 0.3 is 166 Å². The Kier molecular flexibility index (Phi) is 7.73. The summed E-state index contributed by atoms with van der Waals surface area (Å²) in [6.07, 6.45) is 13.5. The van der Waals surface area contributed by atoms with Crippen molar-refractivity contribution in [3.63, 3.8) is 0 Å². The zero-order valence-corrected chi connectivity index (χ0v) is 19.1. The Hall–Kier alpha value is -0.180. The second-order valence-corrected chi connectivity index (χ2v) is 16.5. The number of hydrogen-bond donors (Lipinski definition) is 1. The molecule has 0 unspecified atom stereocenters. The summed E-state index contributed by atoms with van der Waals surface area (Å²) in [4.78, 5) is 12.7. The Morgan fingerprint density at radius 2 is 1.60 bits per heavy atom. The van der Waals surface area contributed by atoms with E-state index in [1.807, 2.05) is 6.07 Å². The molecule has 0 aliphatic heterocycles. The number of unbranched alkanes of at least 4 members (excludes halogenated alkanes) is 3. The number of aromatic amines is 1. The Morgan fingerprint density at radius 1 is 1.04 bits per heavy atom. The fourth-order valence-electron chi connectivity index (χ4n) is 3.61. The summed E-state index contributed by atoms with van der Waals surface area (Å²) in [5.74, 6) is -1.30. The van der Waals surface area contributed by atoms with Crippen LogP contribution in [0.2, 0.25) is 0 Å². The van der Waals surface area contributed by atoms with Crippen LogP contribution in [0, 0.1) is 0 Å². The second kappa shape index (κ2) is 9.15. The molecule has 0 fully saturated rings. The molecule has 0 saturated carbocycles. The van der Waals surface area contributed by atoms with E-state index in [1.54, 1.807) is 6.20 Å². The molecule has 0 spiro atoms. The maximum absolute atomic E-state index is 7.67. The van der Waals surface area contributed by atoms with Crippen LogP contribution in [0.4, 0.5) is 0 Å². The van der Waals surface area contributed by atoms with Gasteiger partial charge in [0.2, 0.25) is 0 Å². The quantitative estimate of drug-likeness (QED) is 0.366. The van der Waals surface area contributed by atoms with Gasteiger partial charge in [-0.15, -0.1) is 0 Å². The van der Waals surface area contributed by atoms with Crippen molar-refractivity contribution in [1.29, 1.82) is 0 Å². The van der Waals surface area contributed by atoms with Crippen molar-refractivity contribution in [2.45, 2.75) is 65.5 Å². The minimum absolute atomic E-state index is 0.793. The van der Waals surface area contributed by atoms with Gasteiger partial charge < -0.3 is 0 Å². The van der Waals surface area contributed by atoms with E-state index in [1.165, 1.54) is 57.0 Å². The molecule has 2 aromatic heterocycles. The number of pyridine rings is 1. The Balaban J connectivity index is 2.36. The molecule has 0 aliphatic rings. The summed E-state index contributed by atoms with van der Waals surface area (Å²) < 4.78 is 0.974. The molecular weight excluding hydrogens is 417 g/mol. The Bertz CT molecular complexity index is 664. The number of H-pyrrole nitrogens is 1. The first-order valence-corrected chi connectivity index (χ1v) is 14.3.